The number of nitrogens with two attached hydrogens (primary N) is 1. The summed E-state index contributed by atoms with van der Waals surface area (Å²) >= 11 is 0. The number of rotatable bonds is 1. The van der Waals surface area contributed by atoms with Crippen molar-refractivity contribution in [1.82, 2.24) is 0 Å². The van der Waals surface area contributed by atoms with E-state index in [0.717, 1.165) is 5.56 Å². The molecule has 0 amide bonds. The van der Waals surface area contributed by atoms with Crippen molar-refractivity contribution < 1.29 is 9.53 Å². The van der Waals surface area contributed by atoms with E-state index in [4.69, 9.17) is 5.73 Å². The van der Waals surface area contributed by atoms with Gasteiger partial charge in [-0.1, -0.05) is 30.3 Å². The maximum absolute atomic E-state index is 11.2. The van der Waals surface area contributed by atoms with Crippen LogP contribution in [0.1, 0.15) is 11.6 Å². The van der Waals surface area contributed by atoms with Crippen LogP contribution in [0.25, 0.3) is 0 Å². The lowest BCUT2D eigenvalue weighted by Crippen LogP contribution is -2.13. The van der Waals surface area contributed by atoms with Crippen LogP contribution in [0.2, 0.25) is 0 Å². The Hall–Kier alpha value is -1.84. The highest BCUT2D eigenvalue weighted by atomic mass is 16.6. The lowest BCUT2D eigenvalue weighted by Gasteiger charge is -2.01. The molecular weight excluding hydrogens is 168 g/mol. The van der Waals surface area contributed by atoms with Crippen LogP contribution < -0.4 is 5.73 Å². The molecular formula is C9H8N2O2. The highest BCUT2D eigenvalue weighted by molar-refractivity contribution is 5.95. The van der Waals surface area contributed by atoms with Gasteiger partial charge >= 0.3 is 5.97 Å². The van der Waals surface area contributed by atoms with E-state index < -0.39 is 12.0 Å². The van der Waals surface area contributed by atoms with Crippen LogP contribution in [0.4, 0.5) is 0 Å². The van der Waals surface area contributed by atoms with E-state index in [1.165, 1.54) is 0 Å². The molecule has 0 aliphatic carbocycles. The normalized spacial score (nSPS) is 21.1. The van der Waals surface area contributed by atoms with Crippen molar-refractivity contribution in [2.24, 2.45) is 10.7 Å². The zero-order valence-electron chi connectivity index (χ0n) is 6.81. The summed E-state index contributed by atoms with van der Waals surface area (Å²) in [5.74, 6) is -0.413. The Kier molecular flexibility index (Phi) is 1.73. The van der Waals surface area contributed by atoms with E-state index in [1.807, 2.05) is 30.3 Å². The van der Waals surface area contributed by atoms with E-state index in [1.54, 1.807) is 0 Å². The van der Waals surface area contributed by atoms with Crippen LogP contribution >= 0.6 is 0 Å². The van der Waals surface area contributed by atoms with E-state index in [0.29, 0.717) is 0 Å². The van der Waals surface area contributed by atoms with Gasteiger partial charge in [0.05, 0.1) is 0 Å². The average molecular weight is 176 g/mol. The Morgan fingerprint density at radius 1 is 1.31 bits per heavy atom. The van der Waals surface area contributed by atoms with Gasteiger partial charge < -0.3 is 10.5 Å². The summed E-state index contributed by atoms with van der Waals surface area (Å²) < 4.78 is 4.62. The summed E-state index contributed by atoms with van der Waals surface area (Å²) in [5.41, 5.74) is 6.06. The van der Waals surface area contributed by atoms with Crippen LogP contribution in [-0.2, 0) is 9.53 Å². The van der Waals surface area contributed by atoms with Crippen LogP contribution in [0.5, 0.6) is 0 Å². The monoisotopic (exact) mass is 176 g/mol. The van der Waals surface area contributed by atoms with Crippen molar-refractivity contribution >= 4 is 12.0 Å². The predicted molar refractivity (Wildman–Crippen MR) is 46.9 cm³/mol. The van der Waals surface area contributed by atoms with Gasteiger partial charge in [-0.3, -0.25) is 0 Å². The molecule has 0 saturated heterocycles. The standard InChI is InChI=1S/C9H8N2O2/c10-9-11-7(8(12)13-9)6-4-2-1-3-5-6/h1-5,7H,(H2,10,11). The quantitative estimate of drug-likeness (QED) is 0.637. The van der Waals surface area contributed by atoms with Crippen molar-refractivity contribution in [1.29, 1.82) is 0 Å². The number of esters is 1. The molecule has 0 aromatic heterocycles. The molecule has 0 radical (unpaired) electrons. The molecule has 1 aliphatic heterocycles. The molecule has 0 bridgehead atoms. The molecule has 1 atom stereocenters. The number of carbonyl (C=O) groups is 1. The number of carbonyl (C=O) groups excluding carboxylic acids is 1. The zero-order valence-corrected chi connectivity index (χ0v) is 6.81. The first-order valence-electron chi connectivity index (χ1n) is 3.87. The van der Waals surface area contributed by atoms with Crippen molar-refractivity contribution in [3.63, 3.8) is 0 Å². The largest absolute Gasteiger partial charge is 0.391 e. The van der Waals surface area contributed by atoms with Crippen LogP contribution in [-0.4, -0.2) is 12.0 Å². The third-order valence-electron chi connectivity index (χ3n) is 1.80. The topological polar surface area (TPSA) is 64.7 Å². The maximum atomic E-state index is 11.2. The fourth-order valence-corrected chi connectivity index (χ4v) is 1.21. The molecule has 2 N–H and O–H groups in total. The SMILES string of the molecule is NC1=NC(c2ccccc2)C(=O)O1. The minimum absolute atomic E-state index is 0.0566. The van der Waals surface area contributed by atoms with Gasteiger partial charge in [-0.15, -0.1) is 0 Å². The van der Waals surface area contributed by atoms with Gasteiger partial charge in [0.15, 0.2) is 6.04 Å². The molecule has 4 heteroatoms. The zero-order chi connectivity index (χ0) is 9.26. The smallest absolute Gasteiger partial charge is 0.343 e. The fraction of sp³-hybridized carbons (Fsp3) is 0.111. The van der Waals surface area contributed by atoms with Gasteiger partial charge in [0.25, 0.3) is 6.02 Å². The van der Waals surface area contributed by atoms with E-state index in [9.17, 15) is 4.79 Å². The molecule has 66 valence electrons. The van der Waals surface area contributed by atoms with Gasteiger partial charge in [-0.05, 0) is 5.56 Å². The molecule has 1 heterocycles. The second-order valence-corrected chi connectivity index (χ2v) is 2.70. The van der Waals surface area contributed by atoms with Crippen LogP contribution in [0, 0.1) is 0 Å². The van der Waals surface area contributed by atoms with Crippen molar-refractivity contribution in [3.05, 3.63) is 35.9 Å². The van der Waals surface area contributed by atoms with Crippen molar-refractivity contribution in [3.8, 4) is 0 Å². The number of hydrogen-bond donors (Lipinski definition) is 1. The molecule has 2 rings (SSSR count). The number of hydrogen-bond acceptors (Lipinski definition) is 4. The summed E-state index contributed by atoms with van der Waals surface area (Å²) in [5, 5.41) is 0. The van der Waals surface area contributed by atoms with Gasteiger partial charge in [-0.25, -0.2) is 9.79 Å². The molecule has 0 saturated carbocycles. The highest BCUT2D eigenvalue weighted by Crippen LogP contribution is 2.22. The molecule has 1 unspecified atom stereocenters. The van der Waals surface area contributed by atoms with Gasteiger partial charge in [-0.2, -0.15) is 0 Å². The van der Waals surface area contributed by atoms with Crippen LogP contribution in [0.3, 0.4) is 0 Å². The summed E-state index contributed by atoms with van der Waals surface area (Å²) in [7, 11) is 0. The van der Waals surface area contributed by atoms with Crippen LogP contribution in [0.15, 0.2) is 35.3 Å². The summed E-state index contributed by atoms with van der Waals surface area (Å²) in [4.78, 5) is 15.0. The number of nitrogens with zero attached hydrogens (tertiary/aromatic N) is 1. The van der Waals surface area contributed by atoms with Gasteiger partial charge in [0.1, 0.15) is 0 Å². The Labute approximate surface area is 75.0 Å². The van der Waals surface area contributed by atoms with Gasteiger partial charge in [0.2, 0.25) is 0 Å². The molecule has 1 aromatic rings. The Bertz CT molecular complexity index is 359. The minimum atomic E-state index is -0.582. The molecule has 4 nitrogen and oxygen atoms in total. The first-order valence-corrected chi connectivity index (χ1v) is 3.87. The highest BCUT2D eigenvalue weighted by Gasteiger charge is 2.28. The van der Waals surface area contributed by atoms with Crippen molar-refractivity contribution in [2.75, 3.05) is 0 Å². The number of aliphatic imine (C=N–C) groups is 1. The fourth-order valence-electron chi connectivity index (χ4n) is 1.21. The lowest BCUT2D eigenvalue weighted by molar-refractivity contribution is -0.135. The predicted octanol–water partition coefficient (Wildman–Crippen LogP) is 0.599. The maximum Gasteiger partial charge on any atom is 0.343 e. The first kappa shape index (κ1) is 7.79. The number of benzene rings is 1. The van der Waals surface area contributed by atoms with E-state index >= 15 is 0 Å². The van der Waals surface area contributed by atoms with E-state index in [-0.39, 0.29) is 6.02 Å². The Balaban J connectivity index is 2.33. The number of ether oxygens (including phenoxy) is 1. The second-order valence-electron chi connectivity index (χ2n) is 2.70. The molecule has 1 aliphatic rings. The second kappa shape index (κ2) is 2.90. The molecule has 1 aromatic carbocycles. The number of amidine groups is 1. The third-order valence-corrected chi connectivity index (χ3v) is 1.80. The van der Waals surface area contributed by atoms with E-state index in [2.05, 4.69) is 9.73 Å². The summed E-state index contributed by atoms with van der Waals surface area (Å²) in [6.07, 6.45) is 0. The number of cyclic esters (lactones) is 1. The Morgan fingerprint density at radius 3 is 2.54 bits per heavy atom. The minimum Gasteiger partial charge on any atom is -0.391 e. The summed E-state index contributed by atoms with van der Waals surface area (Å²) in [6, 6.07) is 8.54. The molecule has 0 spiro atoms. The first-order chi connectivity index (χ1) is 6.27. The molecule has 13 heavy (non-hydrogen) atoms. The lowest BCUT2D eigenvalue weighted by atomic mass is 10.1. The van der Waals surface area contributed by atoms with Crippen molar-refractivity contribution in [2.45, 2.75) is 6.04 Å². The summed E-state index contributed by atoms with van der Waals surface area (Å²) in [6.45, 7) is 0. The molecule has 0 fully saturated rings. The Morgan fingerprint density at radius 2 is 2.00 bits per heavy atom. The average Bonchev–Trinajstić information content (AvgIpc) is 2.47. The van der Waals surface area contributed by atoms with Gasteiger partial charge in [0, 0.05) is 0 Å². The third kappa shape index (κ3) is 1.38.